The van der Waals surface area contributed by atoms with Gasteiger partial charge in [0.05, 0.1) is 34.0 Å². The van der Waals surface area contributed by atoms with Gasteiger partial charge in [-0.3, -0.25) is 5.43 Å². The van der Waals surface area contributed by atoms with Gasteiger partial charge in [-0.1, -0.05) is 0 Å². The number of rotatable bonds is 6. The highest BCUT2D eigenvalue weighted by molar-refractivity contribution is 6.10. The number of benzene rings is 1. The summed E-state index contributed by atoms with van der Waals surface area (Å²) in [6.45, 7) is 0. The van der Waals surface area contributed by atoms with Crippen LogP contribution in [0.4, 0.5) is 5.69 Å². The van der Waals surface area contributed by atoms with Crippen LogP contribution >= 0.6 is 0 Å². The van der Waals surface area contributed by atoms with E-state index < -0.39 is 11.7 Å². The monoisotopic (exact) mass is 318 g/mol. The molecule has 0 radical (unpaired) electrons. The predicted molar refractivity (Wildman–Crippen MR) is 79.7 cm³/mol. The molecule has 9 nitrogen and oxygen atoms in total. The number of nitriles is 2. The van der Waals surface area contributed by atoms with Crippen molar-refractivity contribution in [1.29, 1.82) is 10.5 Å². The lowest BCUT2D eigenvalue weighted by molar-refractivity contribution is 0.0601. The number of anilines is 1. The van der Waals surface area contributed by atoms with Crippen LogP contribution in [-0.2, 0) is 4.74 Å². The molecule has 0 heterocycles. The maximum atomic E-state index is 12.0. The van der Waals surface area contributed by atoms with Crippen molar-refractivity contribution in [2.45, 2.75) is 0 Å². The first-order valence-electron chi connectivity index (χ1n) is 6.13. The molecule has 120 valence electrons. The summed E-state index contributed by atoms with van der Waals surface area (Å²) in [6, 6.07) is 4.54. The largest absolute Gasteiger partial charge is 0.493 e. The Kier molecular flexibility index (Phi) is 6.19. The minimum Gasteiger partial charge on any atom is -0.493 e. The molecule has 0 aliphatic heterocycles. The molecular weight excluding hydrogens is 304 g/mol. The van der Waals surface area contributed by atoms with Crippen molar-refractivity contribution in [3.63, 3.8) is 0 Å². The zero-order chi connectivity index (χ0) is 17.4. The van der Waals surface area contributed by atoms with E-state index in [-0.39, 0.29) is 28.5 Å². The minimum absolute atomic E-state index is 0.0287. The SMILES string of the molecule is COC(=O)c1cc(OC)c(OC)c(OC)c1NN=C(C#N)C#N. The Hall–Kier alpha value is -3.46. The zero-order valence-electron chi connectivity index (χ0n) is 13.0. The number of esters is 1. The van der Waals surface area contributed by atoms with Gasteiger partial charge in [0, 0.05) is 6.07 Å². The van der Waals surface area contributed by atoms with E-state index in [4.69, 9.17) is 29.5 Å². The van der Waals surface area contributed by atoms with E-state index in [1.165, 1.54) is 34.5 Å². The van der Waals surface area contributed by atoms with Crippen molar-refractivity contribution in [1.82, 2.24) is 0 Å². The van der Waals surface area contributed by atoms with Gasteiger partial charge in [0.2, 0.25) is 11.5 Å². The molecule has 23 heavy (non-hydrogen) atoms. The number of hydrogen-bond acceptors (Lipinski definition) is 9. The van der Waals surface area contributed by atoms with E-state index in [0.717, 1.165) is 0 Å². The van der Waals surface area contributed by atoms with Crippen LogP contribution in [0.1, 0.15) is 10.4 Å². The summed E-state index contributed by atoms with van der Waals surface area (Å²) in [6.07, 6.45) is 0. The highest BCUT2D eigenvalue weighted by Gasteiger charge is 2.25. The topological polar surface area (TPSA) is 126 Å². The first kappa shape index (κ1) is 17.6. The summed E-state index contributed by atoms with van der Waals surface area (Å²) >= 11 is 0. The number of nitrogens with zero attached hydrogens (tertiary/aromatic N) is 3. The second kappa shape index (κ2) is 8.10. The van der Waals surface area contributed by atoms with Crippen LogP contribution in [0, 0.1) is 22.7 Å². The Morgan fingerprint density at radius 1 is 1.09 bits per heavy atom. The van der Waals surface area contributed by atoms with Crippen molar-refractivity contribution >= 4 is 17.4 Å². The molecule has 0 bridgehead atoms. The number of methoxy groups -OCH3 is 4. The Labute approximate surface area is 132 Å². The molecule has 0 fully saturated rings. The highest BCUT2D eigenvalue weighted by Crippen LogP contribution is 2.45. The molecular formula is C14H14N4O5. The molecule has 9 heteroatoms. The van der Waals surface area contributed by atoms with Gasteiger partial charge in [0.25, 0.3) is 0 Å². The van der Waals surface area contributed by atoms with E-state index in [0.29, 0.717) is 0 Å². The van der Waals surface area contributed by atoms with Gasteiger partial charge in [0.15, 0.2) is 11.5 Å². The fraction of sp³-hybridized carbons (Fsp3) is 0.286. The molecule has 0 atom stereocenters. The van der Waals surface area contributed by atoms with Gasteiger partial charge >= 0.3 is 5.97 Å². The smallest absolute Gasteiger partial charge is 0.340 e. The standard InChI is InChI=1S/C14H14N4O5/c1-20-10-5-9(14(19)23-4)11(13(22-3)12(10)21-2)18-17-8(6-15)7-16/h5,18H,1-4H3. The molecule has 1 rings (SSSR count). The number of carbonyl (C=O) groups is 1. The maximum absolute atomic E-state index is 12.0. The summed E-state index contributed by atoms with van der Waals surface area (Å²) in [5.74, 6) is -0.153. The Balaban J connectivity index is 3.62. The number of ether oxygens (including phenoxy) is 4. The van der Waals surface area contributed by atoms with Crippen molar-refractivity contribution in [2.24, 2.45) is 5.10 Å². The van der Waals surface area contributed by atoms with Crippen LogP contribution in [0.5, 0.6) is 17.2 Å². The molecule has 0 spiro atoms. The van der Waals surface area contributed by atoms with Gasteiger partial charge in [0.1, 0.15) is 17.8 Å². The second-order valence-corrected chi connectivity index (χ2v) is 3.86. The molecule has 0 unspecified atom stereocenters. The lowest BCUT2D eigenvalue weighted by Gasteiger charge is -2.18. The van der Waals surface area contributed by atoms with Crippen LogP contribution in [0.2, 0.25) is 0 Å². The summed E-state index contributed by atoms with van der Waals surface area (Å²) < 4.78 is 20.3. The summed E-state index contributed by atoms with van der Waals surface area (Å²) in [5.41, 5.74) is 2.12. The quantitative estimate of drug-likeness (QED) is 0.472. The van der Waals surface area contributed by atoms with E-state index >= 15 is 0 Å². The highest BCUT2D eigenvalue weighted by atomic mass is 16.5. The minimum atomic E-state index is -0.697. The summed E-state index contributed by atoms with van der Waals surface area (Å²) in [4.78, 5) is 12.0. The molecule has 0 saturated carbocycles. The fourth-order valence-electron chi connectivity index (χ4n) is 1.72. The average molecular weight is 318 g/mol. The Morgan fingerprint density at radius 2 is 1.70 bits per heavy atom. The maximum Gasteiger partial charge on any atom is 0.340 e. The van der Waals surface area contributed by atoms with Crippen LogP contribution in [0.25, 0.3) is 0 Å². The van der Waals surface area contributed by atoms with Crippen LogP contribution in [-0.4, -0.2) is 40.1 Å². The Bertz CT molecular complexity index is 699. The lowest BCUT2D eigenvalue weighted by atomic mass is 10.1. The van der Waals surface area contributed by atoms with Crippen molar-refractivity contribution < 1.29 is 23.7 Å². The second-order valence-electron chi connectivity index (χ2n) is 3.86. The third-order valence-corrected chi connectivity index (χ3v) is 2.73. The van der Waals surface area contributed by atoms with E-state index in [2.05, 4.69) is 10.5 Å². The third-order valence-electron chi connectivity index (χ3n) is 2.73. The third kappa shape index (κ3) is 3.60. The molecule has 0 amide bonds. The van der Waals surface area contributed by atoms with Crippen LogP contribution in [0.3, 0.4) is 0 Å². The first-order valence-corrected chi connectivity index (χ1v) is 6.13. The normalized spacial score (nSPS) is 8.96. The van der Waals surface area contributed by atoms with Gasteiger partial charge in [-0.2, -0.15) is 15.6 Å². The van der Waals surface area contributed by atoms with E-state index in [1.807, 2.05) is 0 Å². The molecule has 0 aromatic heterocycles. The predicted octanol–water partition coefficient (Wildman–Crippen LogP) is 1.31. The lowest BCUT2D eigenvalue weighted by Crippen LogP contribution is -2.10. The van der Waals surface area contributed by atoms with Gasteiger partial charge in [-0.25, -0.2) is 4.79 Å². The number of hydrogen-bond donors (Lipinski definition) is 1. The number of hydrazone groups is 1. The average Bonchev–Trinajstić information content (AvgIpc) is 2.60. The fourth-order valence-corrected chi connectivity index (χ4v) is 1.72. The van der Waals surface area contributed by atoms with E-state index in [1.54, 1.807) is 12.1 Å². The zero-order valence-corrected chi connectivity index (χ0v) is 13.0. The van der Waals surface area contributed by atoms with Gasteiger partial charge < -0.3 is 18.9 Å². The summed E-state index contributed by atoms with van der Waals surface area (Å²) in [5, 5.41) is 21.1. The van der Waals surface area contributed by atoms with Crippen LogP contribution < -0.4 is 19.6 Å². The van der Waals surface area contributed by atoms with Gasteiger partial charge in [-0.05, 0) is 0 Å². The van der Waals surface area contributed by atoms with Crippen LogP contribution in [0.15, 0.2) is 11.2 Å². The molecule has 0 aliphatic rings. The number of nitrogens with one attached hydrogen (secondary N) is 1. The Morgan fingerprint density at radius 3 is 2.13 bits per heavy atom. The van der Waals surface area contributed by atoms with Crippen molar-refractivity contribution in [3.05, 3.63) is 11.6 Å². The molecule has 1 N–H and O–H groups in total. The van der Waals surface area contributed by atoms with Crippen molar-refractivity contribution in [3.8, 4) is 29.4 Å². The number of carbonyl (C=O) groups excluding carboxylic acids is 1. The molecule has 1 aromatic carbocycles. The van der Waals surface area contributed by atoms with Crippen molar-refractivity contribution in [2.75, 3.05) is 33.9 Å². The molecule has 0 aliphatic carbocycles. The van der Waals surface area contributed by atoms with Gasteiger partial charge in [-0.15, -0.1) is 0 Å². The summed E-state index contributed by atoms with van der Waals surface area (Å²) in [7, 11) is 5.34. The first-order chi connectivity index (χ1) is 11.1. The molecule has 0 saturated heterocycles. The molecule has 1 aromatic rings. The van der Waals surface area contributed by atoms with E-state index in [9.17, 15) is 4.79 Å².